The van der Waals surface area contributed by atoms with E-state index in [1.165, 1.54) is 12.1 Å². The average Bonchev–Trinajstić information content (AvgIpc) is 2.98. The van der Waals surface area contributed by atoms with Crippen molar-refractivity contribution in [2.24, 2.45) is 0 Å². The second-order valence-electron chi connectivity index (χ2n) is 7.50. The number of hydrogen-bond acceptors (Lipinski definition) is 4. The van der Waals surface area contributed by atoms with Gasteiger partial charge in [0.1, 0.15) is 11.3 Å². The van der Waals surface area contributed by atoms with Crippen LogP contribution in [0.5, 0.6) is 5.75 Å². The highest BCUT2D eigenvalue weighted by Crippen LogP contribution is 2.33. The van der Waals surface area contributed by atoms with Gasteiger partial charge in [-0.15, -0.1) is 0 Å². The van der Waals surface area contributed by atoms with Crippen molar-refractivity contribution in [1.82, 2.24) is 15.1 Å². The van der Waals surface area contributed by atoms with E-state index in [2.05, 4.69) is 5.32 Å². The molecule has 1 saturated heterocycles. The van der Waals surface area contributed by atoms with E-state index in [9.17, 15) is 22.8 Å². The smallest absolute Gasteiger partial charge is 0.416 e. The van der Waals surface area contributed by atoms with Gasteiger partial charge in [-0.2, -0.15) is 13.2 Å². The normalized spacial score (nSPS) is 19.1. The number of nitrogens with one attached hydrogen (secondary N) is 1. The molecule has 3 amide bonds. The fourth-order valence-corrected chi connectivity index (χ4v) is 3.67. The van der Waals surface area contributed by atoms with Crippen LogP contribution in [0.4, 0.5) is 18.0 Å². The van der Waals surface area contributed by atoms with Crippen molar-refractivity contribution < 1.29 is 27.5 Å². The second-order valence-corrected chi connectivity index (χ2v) is 7.50. The van der Waals surface area contributed by atoms with Crippen molar-refractivity contribution in [3.05, 3.63) is 65.2 Å². The number of methoxy groups -OCH3 is 1. The first-order valence-electron chi connectivity index (χ1n) is 9.74. The number of imide groups is 1. The Bertz CT molecular complexity index is 945. The summed E-state index contributed by atoms with van der Waals surface area (Å²) >= 11 is 0. The lowest BCUT2D eigenvalue weighted by atomic mass is 9.87. The Morgan fingerprint density at radius 2 is 1.68 bits per heavy atom. The van der Waals surface area contributed by atoms with Crippen molar-refractivity contribution in [2.75, 3.05) is 20.8 Å². The lowest BCUT2D eigenvalue weighted by molar-refractivity contribution is -0.137. The van der Waals surface area contributed by atoms with Crippen molar-refractivity contribution in [1.29, 1.82) is 0 Å². The third-order valence-electron chi connectivity index (χ3n) is 5.41. The number of hydrogen-bond donors (Lipinski definition) is 1. The van der Waals surface area contributed by atoms with E-state index in [0.717, 1.165) is 17.0 Å². The van der Waals surface area contributed by atoms with E-state index in [1.54, 1.807) is 43.3 Å². The van der Waals surface area contributed by atoms with Gasteiger partial charge in [0.25, 0.3) is 5.91 Å². The first kappa shape index (κ1) is 22.6. The van der Waals surface area contributed by atoms with Crippen molar-refractivity contribution >= 4 is 11.9 Å². The molecule has 0 spiro atoms. The number of amides is 3. The van der Waals surface area contributed by atoms with Crippen LogP contribution in [0, 0.1) is 0 Å². The lowest BCUT2D eigenvalue weighted by Crippen LogP contribution is -2.44. The molecule has 0 aromatic heterocycles. The Morgan fingerprint density at radius 1 is 1.06 bits per heavy atom. The fourth-order valence-electron chi connectivity index (χ4n) is 3.67. The maximum absolute atomic E-state index is 13.2. The molecule has 1 fully saturated rings. The standard InChI is InChI=1S/C22H24F3N3O3/c1-4-21(16-9-11-18(31-3)12-10-16)19(29)28(20(30)26-21)14-27(2)13-15-5-7-17(8-6-15)22(23,24)25/h5-12H,4,13-14H2,1-3H3,(H,26,30). The first-order chi connectivity index (χ1) is 14.6. The molecule has 1 heterocycles. The summed E-state index contributed by atoms with van der Waals surface area (Å²) in [6, 6.07) is 11.2. The van der Waals surface area contributed by atoms with Crippen molar-refractivity contribution in [3.8, 4) is 5.75 Å². The molecule has 1 atom stereocenters. The van der Waals surface area contributed by atoms with E-state index in [4.69, 9.17) is 4.74 Å². The number of alkyl halides is 3. The number of halogens is 3. The molecular weight excluding hydrogens is 411 g/mol. The number of carbonyl (C=O) groups excluding carboxylic acids is 2. The van der Waals surface area contributed by atoms with Gasteiger partial charge in [0.15, 0.2) is 0 Å². The van der Waals surface area contributed by atoms with Crippen LogP contribution < -0.4 is 10.1 Å². The molecule has 31 heavy (non-hydrogen) atoms. The summed E-state index contributed by atoms with van der Waals surface area (Å²) in [5.74, 6) is 0.268. The Labute approximate surface area is 178 Å². The summed E-state index contributed by atoms with van der Waals surface area (Å²) in [6.07, 6.45) is -4.03. The van der Waals surface area contributed by atoms with E-state index < -0.39 is 23.3 Å². The molecule has 3 rings (SSSR count). The largest absolute Gasteiger partial charge is 0.497 e. The Balaban J connectivity index is 1.72. The summed E-state index contributed by atoms with van der Waals surface area (Å²) in [7, 11) is 3.24. The number of nitrogens with zero attached hydrogens (tertiary/aromatic N) is 2. The van der Waals surface area contributed by atoms with Gasteiger partial charge in [0, 0.05) is 6.54 Å². The van der Waals surface area contributed by atoms with Crippen LogP contribution in [0.3, 0.4) is 0 Å². The quantitative estimate of drug-likeness (QED) is 0.669. The molecule has 6 nitrogen and oxygen atoms in total. The molecule has 0 saturated carbocycles. The summed E-state index contributed by atoms with van der Waals surface area (Å²) in [4.78, 5) is 28.7. The van der Waals surface area contributed by atoms with E-state index in [-0.39, 0.29) is 19.1 Å². The summed E-state index contributed by atoms with van der Waals surface area (Å²) in [6.45, 7) is 2.10. The van der Waals surface area contributed by atoms with Gasteiger partial charge >= 0.3 is 12.2 Å². The predicted octanol–water partition coefficient (Wildman–Crippen LogP) is 3.96. The minimum atomic E-state index is -4.39. The van der Waals surface area contributed by atoms with Gasteiger partial charge in [0.2, 0.25) is 0 Å². The number of rotatable bonds is 7. The van der Waals surface area contributed by atoms with Crippen molar-refractivity contribution in [3.63, 3.8) is 0 Å². The molecule has 166 valence electrons. The maximum atomic E-state index is 13.2. The lowest BCUT2D eigenvalue weighted by Gasteiger charge is -2.27. The molecule has 9 heteroatoms. The van der Waals surface area contributed by atoms with Crippen LogP contribution in [0.2, 0.25) is 0 Å². The monoisotopic (exact) mass is 435 g/mol. The Kier molecular flexibility index (Phi) is 6.26. The zero-order valence-electron chi connectivity index (χ0n) is 17.5. The number of ether oxygens (including phenoxy) is 1. The van der Waals surface area contributed by atoms with Crippen LogP contribution in [-0.4, -0.2) is 42.6 Å². The van der Waals surface area contributed by atoms with Gasteiger partial charge in [-0.1, -0.05) is 31.2 Å². The molecule has 2 aromatic rings. The van der Waals surface area contributed by atoms with Crippen LogP contribution in [0.25, 0.3) is 0 Å². The highest BCUT2D eigenvalue weighted by molar-refractivity contribution is 6.07. The molecule has 1 N–H and O–H groups in total. The molecule has 0 aliphatic carbocycles. The predicted molar refractivity (Wildman–Crippen MR) is 108 cm³/mol. The fraction of sp³-hybridized carbons (Fsp3) is 0.364. The van der Waals surface area contributed by atoms with E-state index >= 15 is 0 Å². The summed E-state index contributed by atoms with van der Waals surface area (Å²) in [5.41, 5.74) is -0.597. The van der Waals surface area contributed by atoms with Gasteiger partial charge in [-0.3, -0.25) is 9.69 Å². The van der Waals surface area contributed by atoms with Gasteiger partial charge in [-0.25, -0.2) is 9.69 Å². The SMILES string of the molecule is CCC1(c2ccc(OC)cc2)NC(=O)N(CN(C)Cc2ccc(C(F)(F)F)cc2)C1=O. The summed E-state index contributed by atoms with van der Waals surface area (Å²) in [5, 5.41) is 2.81. The number of urea groups is 1. The van der Waals surface area contributed by atoms with Crippen molar-refractivity contribution in [2.45, 2.75) is 31.6 Å². The Morgan fingerprint density at radius 3 is 2.19 bits per heavy atom. The average molecular weight is 435 g/mol. The van der Waals surface area contributed by atoms with Crippen LogP contribution in [0.15, 0.2) is 48.5 Å². The van der Waals surface area contributed by atoms with Gasteiger partial charge in [0.05, 0.1) is 19.3 Å². The third kappa shape index (κ3) is 4.51. The zero-order valence-corrected chi connectivity index (χ0v) is 17.5. The minimum absolute atomic E-state index is 0.00357. The molecule has 1 unspecified atom stereocenters. The van der Waals surface area contributed by atoms with Gasteiger partial charge < -0.3 is 10.1 Å². The number of carbonyl (C=O) groups is 2. The van der Waals surface area contributed by atoms with E-state index in [1.807, 2.05) is 6.92 Å². The number of benzene rings is 2. The van der Waals surface area contributed by atoms with Gasteiger partial charge in [-0.05, 0) is 48.9 Å². The highest BCUT2D eigenvalue weighted by atomic mass is 19.4. The van der Waals surface area contributed by atoms with Crippen LogP contribution in [0.1, 0.15) is 30.0 Å². The van der Waals surface area contributed by atoms with Crippen LogP contribution >= 0.6 is 0 Å². The molecule has 2 aromatic carbocycles. The molecule has 1 aliphatic heterocycles. The summed E-state index contributed by atoms with van der Waals surface area (Å²) < 4.78 is 43.3. The highest BCUT2D eigenvalue weighted by Gasteiger charge is 2.51. The second kappa shape index (κ2) is 8.58. The van der Waals surface area contributed by atoms with E-state index in [0.29, 0.717) is 23.3 Å². The Hall–Kier alpha value is -3.07. The topological polar surface area (TPSA) is 61.9 Å². The molecular formula is C22H24F3N3O3. The maximum Gasteiger partial charge on any atom is 0.416 e. The van der Waals surface area contributed by atoms with Crippen LogP contribution in [-0.2, 0) is 23.1 Å². The molecule has 0 bridgehead atoms. The minimum Gasteiger partial charge on any atom is -0.497 e. The molecule has 1 aliphatic rings. The first-order valence-corrected chi connectivity index (χ1v) is 9.74. The molecule has 0 radical (unpaired) electrons. The zero-order chi connectivity index (χ0) is 22.8. The third-order valence-corrected chi connectivity index (χ3v) is 5.41.